The molecule has 0 saturated carbocycles. The summed E-state index contributed by atoms with van der Waals surface area (Å²) in [5, 5.41) is 1.82. The molecule has 2 rings (SSSR count). The first-order valence-electron chi connectivity index (χ1n) is 5.88. The van der Waals surface area contributed by atoms with Crippen molar-refractivity contribution >= 4 is 23.7 Å². The first kappa shape index (κ1) is 13.6. The van der Waals surface area contributed by atoms with Gasteiger partial charge in [-0.15, -0.1) is 0 Å². The Morgan fingerprint density at radius 1 is 1.16 bits per heavy atom. The van der Waals surface area contributed by atoms with Crippen LogP contribution in [0.1, 0.15) is 11.1 Å². The maximum Gasteiger partial charge on any atom is 0.238 e. The Labute approximate surface area is 117 Å². The number of hydrogen-bond donors (Lipinski definition) is 0. The van der Waals surface area contributed by atoms with Crippen LogP contribution in [0.5, 0.6) is 0 Å². The minimum atomic E-state index is 0.242. The van der Waals surface area contributed by atoms with Crippen LogP contribution in [0.2, 0.25) is 5.02 Å². The minimum Gasteiger partial charge on any atom is -0.276 e. The SMILES string of the molecule is Cc1ccc(N(C=O)OCc2ccccc2Cl)cc1. The molecule has 98 valence electrons. The van der Waals surface area contributed by atoms with Crippen LogP contribution in [0.4, 0.5) is 5.69 Å². The van der Waals surface area contributed by atoms with Gasteiger partial charge in [0.1, 0.15) is 6.61 Å². The van der Waals surface area contributed by atoms with Crippen LogP contribution in [0, 0.1) is 6.92 Å². The fourth-order valence-corrected chi connectivity index (χ4v) is 1.80. The van der Waals surface area contributed by atoms with Crippen molar-refractivity contribution in [3.05, 3.63) is 64.7 Å². The van der Waals surface area contributed by atoms with Crippen LogP contribution in [-0.2, 0) is 16.2 Å². The van der Waals surface area contributed by atoms with Gasteiger partial charge in [0.25, 0.3) is 0 Å². The Kier molecular flexibility index (Phi) is 4.55. The summed E-state index contributed by atoms with van der Waals surface area (Å²) in [5.41, 5.74) is 2.65. The number of hydroxylamine groups is 1. The van der Waals surface area contributed by atoms with Crippen molar-refractivity contribution in [1.82, 2.24) is 0 Å². The van der Waals surface area contributed by atoms with E-state index in [0.717, 1.165) is 11.1 Å². The zero-order chi connectivity index (χ0) is 13.7. The number of anilines is 1. The quantitative estimate of drug-likeness (QED) is 0.614. The van der Waals surface area contributed by atoms with E-state index >= 15 is 0 Å². The van der Waals surface area contributed by atoms with Gasteiger partial charge in [-0.2, -0.15) is 5.06 Å². The van der Waals surface area contributed by atoms with Crippen molar-refractivity contribution in [3.8, 4) is 0 Å². The molecule has 0 N–H and O–H groups in total. The maximum atomic E-state index is 11.1. The van der Waals surface area contributed by atoms with Crippen LogP contribution < -0.4 is 5.06 Å². The summed E-state index contributed by atoms with van der Waals surface area (Å²) in [7, 11) is 0. The lowest BCUT2D eigenvalue weighted by atomic mass is 10.2. The molecule has 0 atom stereocenters. The molecule has 0 saturated heterocycles. The fourth-order valence-electron chi connectivity index (χ4n) is 1.61. The van der Waals surface area contributed by atoms with Gasteiger partial charge < -0.3 is 0 Å². The number of carbonyl (C=O) groups is 1. The molecule has 0 aliphatic heterocycles. The summed E-state index contributed by atoms with van der Waals surface area (Å²) in [6, 6.07) is 14.9. The molecular weight excluding hydrogens is 262 g/mol. The molecule has 0 spiro atoms. The van der Waals surface area contributed by atoms with Crippen molar-refractivity contribution in [2.45, 2.75) is 13.5 Å². The average molecular weight is 276 g/mol. The highest BCUT2D eigenvalue weighted by Gasteiger charge is 2.07. The highest BCUT2D eigenvalue weighted by Crippen LogP contribution is 2.19. The van der Waals surface area contributed by atoms with Crippen LogP contribution in [0.3, 0.4) is 0 Å². The standard InChI is InChI=1S/C15H14ClNO2/c1-12-6-8-14(9-7-12)17(11-18)19-10-13-4-2-3-5-15(13)16/h2-9,11H,10H2,1H3. The number of amides is 1. The van der Waals surface area contributed by atoms with Gasteiger partial charge in [0, 0.05) is 5.02 Å². The lowest BCUT2D eigenvalue weighted by Gasteiger charge is -2.17. The molecule has 2 aromatic carbocycles. The Hall–Kier alpha value is -1.84. The largest absolute Gasteiger partial charge is 0.276 e. The molecule has 0 aromatic heterocycles. The summed E-state index contributed by atoms with van der Waals surface area (Å²) < 4.78 is 0. The van der Waals surface area contributed by atoms with Crippen molar-refractivity contribution in [3.63, 3.8) is 0 Å². The zero-order valence-electron chi connectivity index (χ0n) is 10.5. The lowest BCUT2D eigenvalue weighted by Crippen LogP contribution is -2.21. The van der Waals surface area contributed by atoms with E-state index in [-0.39, 0.29) is 6.61 Å². The number of nitrogens with zero attached hydrogens (tertiary/aromatic N) is 1. The van der Waals surface area contributed by atoms with Crippen LogP contribution in [0.15, 0.2) is 48.5 Å². The Morgan fingerprint density at radius 3 is 2.47 bits per heavy atom. The van der Waals surface area contributed by atoms with Crippen molar-refractivity contribution in [1.29, 1.82) is 0 Å². The van der Waals surface area contributed by atoms with Crippen LogP contribution >= 0.6 is 11.6 Å². The molecule has 0 unspecified atom stereocenters. The van der Waals surface area contributed by atoms with E-state index < -0.39 is 0 Å². The predicted molar refractivity (Wildman–Crippen MR) is 76.0 cm³/mol. The molecule has 0 heterocycles. The first-order valence-corrected chi connectivity index (χ1v) is 6.26. The fraction of sp³-hybridized carbons (Fsp3) is 0.133. The summed E-state index contributed by atoms with van der Waals surface area (Å²) in [4.78, 5) is 16.5. The monoisotopic (exact) mass is 275 g/mol. The zero-order valence-corrected chi connectivity index (χ0v) is 11.3. The van der Waals surface area contributed by atoms with E-state index in [1.165, 1.54) is 5.06 Å². The molecular formula is C15H14ClNO2. The van der Waals surface area contributed by atoms with E-state index in [0.29, 0.717) is 17.1 Å². The number of hydrogen-bond acceptors (Lipinski definition) is 2. The van der Waals surface area contributed by atoms with Gasteiger partial charge >= 0.3 is 0 Å². The van der Waals surface area contributed by atoms with Gasteiger partial charge in [-0.05, 0) is 30.7 Å². The van der Waals surface area contributed by atoms with Crippen molar-refractivity contribution in [2.24, 2.45) is 0 Å². The first-order chi connectivity index (χ1) is 9.20. The van der Waals surface area contributed by atoms with Crippen LogP contribution in [-0.4, -0.2) is 6.41 Å². The minimum absolute atomic E-state index is 0.242. The average Bonchev–Trinajstić information content (AvgIpc) is 2.43. The molecule has 0 radical (unpaired) electrons. The summed E-state index contributed by atoms with van der Waals surface area (Å²) in [6.45, 7) is 2.23. The highest BCUT2D eigenvalue weighted by molar-refractivity contribution is 6.31. The van der Waals surface area contributed by atoms with E-state index in [1.807, 2.05) is 49.4 Å². The van der Waals surface area contributed by atoms with E-state index in [2.05, 4.69) is 0 Å². The van der Waals surface area contributed by atoms with E-state index in [9.17, 15) is 4.79 Å². The molecule has 0 bridgehead atoms. The topological polar surface area (TPSA) is 29.5 Å². The maximum absolute atomic E-state index is 11.1. The lowest BCUT2D eigenvalue weighted by molar-refractivity contribution is -0.114. The molecule has 19 heavy (non-hydrogen) atoms. The summed E-state index contributed by atoms with van der Waals surface area (Å²) in [6.07, 6.45) is 0.640. The highest BCUT2D eigenvalue weighted by atomic mass is 35.5. The number of aryl methyl sites for hydroxylation is 1. The number of rotatable bonds is 5. The van der Waals surface area contributed by atoms with Crippen LogP contribution in [0.25, 0.3) is 0 Å². The van der Waals surface area contributed by atoms with Crippen molar-refractivity contribution in [2.75, 3.05) is 5.06 Å². The second-order valence-electron chi connectivity index (χ2n) is 4.13. The second kappa shape index (κ2) is 6.36. The van der Waals surface area contributed by atoms with Gasteiger partial charge in [0.15, 0.2) is 0 Å². The Balaban J connectivity index is 2.06. The number of halogens is 1. The van der Waals surface area contributed by atoms with Gasteiger partial charge in [-0.25, -0.2) is 0 Å². The summed E-state index contributed by atoms with van der Waals surface area (Å²) in [5.74, 6) is 0. The third kappa shape index (κ3) is 3.56. The van der Waals surface area contributed by atoms with E-state index in [4.69, 9.17) is 16.4 Å². The molecule has 0 aliphatic rings. The van der Waals surface area contributed by atoms with Gasteiger partial charge in [-0.3, -0.25) is 9.63 Å². The second-order valence-corrected chi connectivity index (χ2v) is 4.54. The summed E-state index contributed by atoms with van der Waals surface area (Å²) >= 11 is 6.03. The number of carbonyl (C=O) groups excluding carboxylic acids is 1. The molecule has 3 nitrogen and oxygen atoms in total. The Bertz CT molecular complexity index is 554. The molecule has 0 aliphatic carbocycles. The van der Waals surface area contributed by atoms with Gasteiger partial charge in [0.05, 0.1) is 5.69 Å². The van der Waals surface area contributed by atoms with Gasteiger partial charge in [-0.1, -0.05) is 47.5 Å². The smallest absolute Gasteiger partial charge is 0.238 e. The van der Waals surface area contributed by atoms with E-state index in [1.54, 1.807) is 6.07 Å². The third-order valence-electron chi connectivity index (χ3n) is 2.70. The Morgan fingerprint density at radius 2 is 1.84 bits per heavy atom. The number of benzene rings is 2. The molecule has 4 heteroatoms. The normalized spacial score (nSPS) is 10.2. The molecule has 0 fully saturated rings. The predicted octanol–water partition coefficient (Wildman–Crippen LogP) is 3.74. The van der Waals surface area contributed by atoms with Gasteiger partial charge in [0.2, 0.25) is 6.41 Å². The molecule has 2 aromatic rings. The third-order valence-corrected chi connectivity index (χ3v) is 3.07. The molecule has 1 amide bonds. The van der Waals surface area contributed by atoms with Crippen molar-refractivity contribution < 1.29 is 9.63 Å².